The van der Waals surface area contributed by atoms with Crippen LogP contribution in [-0.2, 0) is 0 Å². The minimum atomic E-state index is 0.416. The van der Waals surface area contributed by atoms with Crippen molar-refractivity contribution in [2.45, 2.75) is 0 Å². The van der Waals surface area contributed by atoms with Crippen LogP contribution >= 0.6 is 11.6 Å². The highest BCUT2D eigenvalue weighted by Crippen LogP contribution is 1.97. The Balaban J connectivity index is 3.02. The van der Waals surface area contributed by atoms with Gasteiger partial charge in [0, 0.05) is 0 Å². The molecular weight excluding hydrogens is 112 g/mol. The third kappa shape index (κ3) is 1.12. The lowest BCUT2D eigenvalue weighted by molar-refractivity contribution is 1.14. The van der Waals surface area contributed by atoms with Gasteiger partial charge in [0.05, 0.1) is 11.2 Å². The molecule has 34 valence electrons. The van der Waals surface area contributed by atoms with E-state index in [1.165, 1.54) is 6.20 Å². The van der Waals surface area contributed by atoms with Gasteiger partial charge in [-0.15, -0.1) is 0 Å². The summed E-state index contributed by atoms with van der Waals surface area (Å²) in [6, 6.07) is 0. The minimum absolute atomic E-state index is 0.416. The van der Waals surface area contributed by atoms with Gasteiger partial charge in [0.15, 0.2) is 6.33 Å². The van der Waals surface area contributed by atoms with Gasteiger partial charge < -0.3 is 0 Å². The van der Waals surface area contributed by atoms with E-state index in [0.717, 1.165) is 0 Å². The molecule has 2 radical (unpaired) electrons. The Hall–Kier alpha value is -0.630. The van der Waals surface area contributed by atoms with Crippen molar-refractivity contribution in [3.63, 3.8) is 0 Å². The second kappa shape index (κ2) is 1.89. The van der Waals surface area contributed by atoms with E-state index in [1.807, 2.05) is 0 Å². The van der Waals surface area contributed by atoms with Gasteiger partial charge in [0.1, 0.15) is 6.20 Å². The molecule has 7 heavy (non-hydrogen) atoms. The van der Waals surface area contributed by atoms with Crippen LogP contribution in [0, 0.1) is 12.5 Å². The van der Waals surface area contributed by atoms with Crippen molar-refractivity contribution in [3.05, 3.63) is 23.7 Å². The Kier molecular flexibility index (Phi) is 1.22. The fraction of sp³-hybridized carbons (Fsp3) is 0. The normalized spacial score (nSPS) is 8.71. The Morgan fingerprint density at radius 1 is 1.71 bits per heavy atom. The molecule has 1 heterocycles. The predicted octanol–water partition coefficient (Wildman–Crippen LogP) is 0.730. The van der Waals surface area contributed by atoms with Crippen molar-refractivity contribution in [2.24, 2.45) is 0 Å². The van der Waals surface area contributed by atoms with E-state index in [2.05, 4.69) is 22.5 Å². The molecule has 0 aliphatic rings. The quantitative estimate of drug-likeness (QED) is 0.495. The van der Waals surface area contributed by atoms with E-state index in [-0.39, 0.29) is 0 Å². The number of aromatic nitrogens is 2. The standard InChI is InChI=1S/C4HClN2/c5-4-1-6-3-7-2-4/h1H. The maximum atomic E-state index is 5.34. The molecule has 0 atom stereocenters. The smallest absolute Gasteiger partial charge is 0.198 e. The van der Waals surface area contributed by atoms with E-state index < -0.39 is 0 Å². The van der Waals surface area contributed by atoms with Crippen molar-refractivity contribution in [2.75, 3.05) is 0 Å². The second-order valence-corrected chi connectivity index (χ2v) is 1.34. The molecule has 0 bridgehead atoms. The number of hydrogen-bond acceptors (Lipinski definition) is 2. The number of halogens is 1. The predicted molar refractivity (Wildman–Crippen MR) is 24.7 cm³/mol. The van der Waals surface area contributed by atoms with E-state index in [9.17, 15) is 0 Å². The first-order valence-electron chi connectivity index (χ1n) is 1.66. The molecule has 0 saturated carbocycles. The van der Waals surface area contributed by atoms with Crippen LogP contribution in [0.15, 0.2) is 6.20 Å². The lowest BCUT2D eigenvalue weighted by atomic mass is 10.7. The molecule has 0 saturated heterocycles. The van der Waals surface area contributed by atoms with E-state index in [1.54, 1.807) is 0 Å². The topological polar surface area (TPSA) is 25.8 Å². The zero-order valence-electron chi connectivity index (χ0n) is 3.35. The summed E-state index contributed by atoms with van der Waals surface area (Å²) in [5, 5.41) is 0.416. The van der Waals surface area contributed by atoms with Crippen LogP contribution in [0.4, 0.5) is 0 Å². The number of nitrogens with zero attached hydrogens (tertiary/aromatic N) is 2. The van der Waals surface area contributed by atoms with Gasteiger partial charge in [-0.1, -0.05) is 11.6 Å². The van der Waals surface area contributed by atoms with Crippen LogP contribution in [0.2, 0.25) is 5.02 Å². The van der Waals surface area contributed by atoms with Gasteiger partial charge in [0.2, 0.25) is 0 Å². The SMILES string of the molecule is Clc1[c]n[c]nc1. The molecule has 0 amide bonds. The van der Waals surface area contributed by atoms with Gasteiger partial charge in [-0.05, 0) is 0 Å². The van der Waals surface area contributed by atoms with Crippen LogP contribution in [-0.4, -0.2) is 9.97 Å². The molecule has 0 aliphatic heterocycles. The van der Waals surface area contributed by atoms with Crippen molar-refractivity contribution in [3.8, 4) is 0 Å². The maximum Gasteiger partial charge on any atom is 0.198 e. The Bertz CT molecular complexity index is 140. The first kappa shape index (κ1) is 4.53. The largest absolute Gasteiger partial charge is 0.232 e. The molecule has 0 aromatic carbocycles. The molecular formula is C4HClN2. The van der Waals surface area contributed by atoms with Gasteiger partial charge >= 0.3 is 0 Å². The summed E-state index contributed by atoms with van der Waals surface area (Å²) in [6.45, 7) is 0. The van der Waals surface area contributed by atoms with Crippen LogP contribution in [0.5, 0.6) is 0 Å². The molecule has 3 heteroatoms. The average molecular weight is 113 g/mol. The molecule has 1 aromatic rings. The van der Waals surface area contributed by atoms with Crippen LogP contribution in [0.3, 0.4) is 0 Å². The number of hydrogen-bond donors (Lipinski definition) is 0. The molecule has 0 N–H and O–H groups in total. The molecule has 0 spiro atoms. The fourth-order valence-corrected chi connectivity index (χ4v) is 0.313. The summed E-state index contributed by atoms with van der Waals surface area (Å²) in [6.07, 6.45) is 6.15. The Labute approximate surface area is 46.2 Å². The lowest BCUT2D eigenvalue weighted by Crippen LogP contribution is -1.73. The summed E-state index contributed by atoms with van der Waals surface area (Å²) < 4.78 is 0. The highest BCUT2D eigenvalue weighted by Gasteiger charge is 1.79. The first-order valence-corrected chi connectivity index (χ1v) is 2.03. The maximum absolute atomic E-state index is 5.34. The average Bonchev–Trinajstić information content (AvgIpc) is 1.69. The molecule has 0 fully saturated rings. The van der Waals surface area contributed by atoms with Gasteiger partial charge in [-0.25, -0.2) is 9.97 Å². The zero-order chi connectivity index (χ0) is 5.11. The van der Waals surface area contributed by atoms with Gasteiger partial charge in [-0.3, -0.25) is 0 Å². The Morgan fingerprint density at radius 2 is 2.57 bits per heavy atom. The number of rotatable bonds is 0. The van der Waals surface area contributed by atoms with Crippen molar-refractivity contribution >= 4 is 11.6 Å². The molecule has 1 rings (SSSR count). The molecule has 0 aliphatic carbocycles. The molecule has 0 unspecified atom stereocenters. The third-order valence-corrected chi connectivity index (χ3v) is 0.630. The summed E-state index contributed by atoms with van der Waals surface area (Å²) >= 11 is 5.34. The fourth-order valence-electron chi connectivity index (χ4n) is 0.222. The summed E-state index contributed by atoms with van der Waals surface area (Å²) in [5.74, 6) is 0. The van der Waals surface area contributed by atoms with Gasteiger partial charge in [-0.2, -0.15) is 0 Å². The van der Waals surface area contributed by atoms with E-state index in [0.29, 0.717) is 5.02 Å². The summed E-state index contributed by atoms with van der Waals surface area (Å²) in [5.41, 5.74) is 0. The highest BCUT2D eigenvalue weighted by molar-refractivity contribution is 6.30. The molecule has 2 nitrogen and oxygen atoms in total. The third-order valence-electron chi connectivity index (χ3n) is 0.448. The van der Waals surface area contributed by atoms with Crippen LogP contribution in [0.25, 0.3) is 0 Å². The lowest BCUT2D eigenvalue weighted by Gasteiger charge is -1.76. The van der Waals surface area contributed by atoms with Gasteiger partial charge in [0.25, 0.3) is 0 Å². The summed E-state index contributed by atoms with van der Waals surface area (Å²) in [4.78, 5) is 6.88. The first-order chi connectivity index (χ1) is 3.39. The Morgan fingerprint density at radius 3 is 2.86 bits per heavy atom. The monoisotopic (exact) mass is 112 g/mol. The van der Waals surface area contributed by atoms with Crippen LogP contribution < -0.4 is 0 Å². The minimum Gasteiger partial charge on any atom is -0.232 e. The second-order valence-electron chi connectivity index (χ2n) is 0.930. The van der Waals surface area contributed by atoms with Crippen molar-refractivity contribution in [1.29, 1.82) is 0 Å². The van der Waals surface area contributed by atoms with Crippen molar-refractivity contribution < 1.29 is 0 Å². The summed E-state index contributed by atoms with van der Waals surface area (Å²) in [7, 11) is 0. The molecule has 1 aromatic heterocycles. The van der Waals surface area contributed by atoms with E-state index in [4.69, 9.17) is 11.6 Å². The highest BCUT2D eigenvalue weighted by atomic mass is 35.5. The zero-order valence-corrected chi connectivity index (χ0v) is 4.11. The van der Waals surface area contributed by atoms with E-state index >= 15 is 0 Å². The van der Waals surface area contributed by atoms with Crippen molar-refractivity contribution in [1.82, 2.24) is 9.97 Å². The van der Waals surface area contributed by atoms with Crippen LogP contribution in [0.1, 0.15) is 0 Å².